The van der Waals surface area contributed by atoms with E-state index in [0.717, 1.165) is 25.7 Å². The van der Waals surface area contributed by atoms with E-state index in [1.54, 1.807) is 18.2 Å². The van der Waals surface area contributed by atoms with Crippen LogP contribution in [0.25, 0.3) is 0 Å². The van der Waals surface area contributed by atoms with Crippen molar-refractivity contribution in [2.24, 2.45) is 16.7 Å². The second-order valence-corrected chi connectivity index (χ2v) is 11.5. The minimum Gasteiger partial charge on any atom is -0.489 e. The van der Waals surface area contributed by atoms with E-state index >= 15 is 0 Å². The van der Waals surface area contributed by atoms with Crippen LogP contribution in [-0.2, 0) is 9.59 Å². The molecule has 3 saturated carbocycles. The van der Waals surface area contributed by atoms with Crippen LogP contribution in [0.3, 0.4) is 0 Å². The van der Waals surface area contributed by atoms with Crippen LogP contribution in [0.4, 0.5) is 5.69 Å². The number of ether oxygens (including phenoxy) is 1. The molecular formula is C26H32ClNO4. The monoisotopic (exact) mass is 457 g/mol. The number of benzene rings is 1. The molecule has 0 bridgehead atoms. The maximum absolute atomic E-state index is 12.8. The number of carboxylic acids is 1. The molecule has 2 atom stereocenters. The molecule has 1 spiro atoms. The Bertz CT molecular complexity index is 965. The van der Waals surface area contributed by atoms with Crippen molar-refractivity contribution in [1.29, 1.82) is 0 Å². The van der Waals surface area contributed by atoms with Crippen LogP contribution in [0.2, 0.25) is 5.02 Å². The molecule has 3 aliphatic carbocycles. The first-order chi connectivity index (χ1) is 15.0. The van der Waals surface area contributed by atoms with Crippen LogP contribution in [0.1, 0.15) is 72.1 Å². The van der Waals surface area contributed by atoms with E-state index in [1.807, 2.05) is 6.92 Å². The molecule has 1 N–H and O–H groups in total. The molecule has 1 amide bonds. The molecular weight excluding hydrogens is 426 g/mol. The predicted molar refractivity (Wildman–Crippen MR) is 125 cm³/mol. The van der Waals surface area contributed by atoms with Gasteiger partial charge in [-0.2, -0.15) is 0 Å². The second-order valence-electron chi connectivity index (χ2n) is 11.1. The molecule has 3 aliphatic rings. The minimum atomic E-state index is -1.37. The number of terminal acetylenes is 1. The zero-order chi connectivity index (χ0) is 23.3. The predicted octanol–water partition coefficient (Wildman–Crippen LogP) is 5.69. The van der Waals surface area contributed by atoms with Crippen LogP contribution in [0, 0.1) is 29.1 Å². The van der Waals surface area contributed by atoms with E-state index in [9.17, 15) is 14.7 Å². The van der Waals surface area contributed by atoms with Gasteiger partial charge in [0.15, 0.2) is 0 Å². The molecule has 1 aromatic rings. The molecule has 4 rings (SSSR count). The number of rotatable bonds is 5. The first kappa shape index (κ1) is 23.0. The fourth-order valence-electron chi connectivity index (χ4n) is 6.80. The Morgan fingerprint density at radius 1 is 1.25 bits per heavy atom. The van der Waals surface area contributed by atoms with Crippen molar-refractivity contribution >= 4 is 29.2 Å². The lowest BCUT2D eigenvalue weighted by Gasteiger charge is -2.61. The van der Waals surface area contributed by atoms with E-state index in [4.69, 9.17) is 22.8 Å². The van der Waals surface area contributed by atoms with Crippen molar-refractivity contribution < 1.29 is 19.4 Å². The quantitative estimate of drug-likeness (QED) is 0.577. The van der Waals surface area contributed by atoms with Gasteiger partial charge < -0.3 is 9.84 Å². The maximum Gasteiger partial charge on any atom is 0.330 e. The van der Waals surface area contributed by atoms with E-state index in [0.29, 0.717) is 40.1 Å². The van der Waals surface area contributed by atoms with Crippen molar-refractivity contribution in [2.45, 2.75) is 83.8 Å². The fourth-order valence-corrected chi connectivity index (χ4v) is 7.02. The van der Waals surface area contributed by atoms with Crippen molar-refractivity contribution in [2.75, 3.05) is 4.90 Å². The van der Waals surface area contributed by atoms with Crippen molar-refractivity contribution in [3.05, 3.63) is 23.2 Å². The van der Waals surface area contributed by atoms with E-state index in [2.05, 4.69) is 19.8 Å². The maximum atomic E-state index is 12.8. The average Bonchev–Trinajstić information content (AvgIpc) is 2.66. The van der Waals surface area contributed by atoms with Gasteiger partial charge in [-0.25, -0.2) is 4.79 Å². The molecule has 1 aromatic carbocycles. The highest BCUT2D eigenvalue weighted by molar-refractivity contribution is 6.32. The van der Waals surface area contributed by atoms with Crippen LogP contribution in [-0.4, -0.2) is 28.6 Å². The number of carbonyl (C=O) groups is 2. The summed E-state index contributed by atoms with van der Waals surface area (Å²) < 4.78 is 6.15. The summed E-state index contributed by atoms with van der Waals surface area (Å²) in [5.41, 5.74) is -0.104. The molecule has 0 saturated heterocycles. The summed E-state index contributed by atoms with van der Waals surface area (Å²) in [6.07, 6.45) is 12.5. The lowest BCUT2D eigenvalue weighted by atomic mass is 9.45. The van der Waals surface area contributed by atoms with Gasteiger partial charge in [-0.15, -0.1) is 6.42 Å². The molecule has 3 fully saturated rings. The third kappa shape index (κ3) is 3.99. The summed E-state index contributed by atoms with van der Waals surface area (Å²) in [5.74, 6) is 1.15. The Morgan fingerprint density at radius 2 is 1.94 bits per heavy atom. The summed E-state index contributed by atoms with van der Waals surface area (Å²) in [7, 11) is 0. The normalized spacial score (nSPS) is 28.2. The number of amides is 1. The third-order valence-electron chi connectivity index (χ3n) is 7.62. The molecule has 0 aliphatic heterocycles. The highest BCUT2D eigenvalue weighted by Gasteiger charge is 2.57. The van der Waals surface area contributed by atoms with E-state index in [-0.39, 0.29) is 12.0 Å². The highest BCUT2D eigenvalue weighted by Crippen LogP contribution is 2.64. The zero-order valence-corrected chi connectivity index (χ0v) is 19.9. The topological polar surface area (TPSA) is 66.8 Å². The van der Waals surface area contributed by atoms with Crippen molar-refractivity contribution in [3.63, 3.8) is 0 Å². The molecule has 0 aromatic heterocycles. The molecule has 0 heterocycles. The first-order valence-electron chi connectivity index (χ1n) is 11.5. The average molecular weight is 458 g/mol. The lowest BCUT2D eigenvalue weighted by Crippen LogP contribution is -2.59. The number of carboxylic acid groups (broad SMARTS) is 1. The Labute approximate surface area is 195 Å². The number of hydrogen-bond donors (Lipinski definition) is 1. The zero-order valence-electron chi connectivity index (χ0n) is 19.1. The molecule has 32 heavy (non-hydrogen) atoms. The number of nitrogens with zero attached hydrogens (tertiary/aromatic N) is 1. The molecule has 6 heteroatoms. The number of hydrogen-bond acceptors (Lipinski definition) is 3. The van der Waals surface area contributed by atoms with Crippen LogP contribution in [0.15, 0.2) is 18.2 Å². The lowest BCUT2D eigenvalue weighted by molar-refractivity contribution is -0.146. The summed E-state index contributed by atoms with van der Waals surface area (Å²) in [6, 6.07) is 5.03. The second kappa shape index (κ2) is 7.99. The SMILES string of the molecule is C#CC(=O)N(c1ccc(OC2CC3(C2)CC(C)(C)C3)c(Cl)c1)C1(C(=O)O)CCCC(C)C1. The summed E-state index contributed by atoms with van der Waals surface area (Å²) in [6.45, 7) is 6.62. The van der Waals surface area contributed by atoms with Crippen molar-refractivity contribution in [1.82, 2.24) is 0 Å². The van der Waals surface area contributed by atoms with Gasteiger partial charge >= 0.3 is 11.9 Å². The number of anilines is 1. The van der Waals surface area contributed by atoms with Gasteiger partial charge in [0.05, 0.1) is 11.1 Å². The Balaban J connectivity index is 1.55. The number of halogens is 1. The smallest absolute Gasteiger partial charge is 0.330 e. The van der Waals surface area contributed by atoms with E-state index in [1.165, 1.54) is 17.7 Å². The molecule has 5 nitrogen and oxygen atoms in total. The largest absolute Gasteiger partial charge is 0.489 e. The van der Waals surface area contributed by atoms with E-state index < -0.39 is 17.4 Å². The third-order valence-corrected chi connectivity index (χ3v) is 7.92. The van der Waals surface area contributed by atoms with Gasteiger partial charge in [0.2, 0.25) is 0 Å². The summed E-state index contributed by atoms with van der Waals surface area (Å²) in [4.78, 5) is 26.5. The Hall–Kier alpha value is -2.19. The fraction of sp³-hybridized carbons (Fsp3) is 0.615. The van der Waals surface area contributed by atoms with Crippen molar-refractivity contribution in [3.8, 4) is 18.1 Å². The van der Waals surface area contributed by atoms with Gasteiger partial charge in [0.25, 0.3) is 0 Å². The summed E-state index contributed by atoms with van der Waals surface area (Å²) in [5, 5.41) is 10.5. The standard InChI is InChI=1S/C26H32ClNO4/c1-5-22(29)28(26(23(30)31)10-6-7-17(2)12-26)18-8-9-21(20(27)11-18)32-19-13-25(14-19)15-24(3,4)16-25/h1,8-9,11,17,19H,6-7,10,12-16H2,2-4H3,(H,30,31). The van der Waals surface area contributed by atoms with Gasteiger partial charge in [-0.1, -0.05) is 45.2 Å². The van der Waals surface area contributed by atoms with Gasteiger partial charge in [0.1, 0.15) is 11.3 Å². The molecule has 0 radical (unpaired) electrons. The first-order valence-corrected chi connectivity index (χ1v) is 11.9. The van der Waals surface area contributed by atoms with Gasteiger partial charge in [-0.3, -0.25) is 9.69 Å². The molecule has 2 unspecified atom stereocenters. The Morgan fingerprint density at radius 3 is 2.47 bits per heavy atom. The van der Waals surface area contributed by atoms with Crippen LogP contribution >= 0.6 is 11.6 Å². The van der Waals surface area contributed by atoms with Gasteiger partial charge in [0, 0.05) is 5.69 Å². The molecule has 172 valence electrons. The number of carbonyl (C=O) groups excluding carboxylic acids is 1. The minimum absolute atomic E-state index is 0.141. The van der Waals surface area contributed by atoms with Crippen LogP contribution < -0.4 is 9.64 Å². The van der Waals surface area contributed by atoms with Gasteiger partial charge in [-0.05, 0) is 79.4 Å². The summed E-state index contributed by atoms with van der Waals surface area (Å²) >= 11 is 6.54. The number of aliphatic carboxylic acids is 1. The Kier molecular flexibility index (Phi) is 5.74. The highest BCUT2D eigenvalue weighted by atomic mass is 35.5. The van der Waals surface area contributed by atoms with Crippen LogP contribution in [0.5, 0.6) is 5.75 Å².